The molecule has 1 fully saturated rings. The number of para-hydroxylation sites is 1. The number of imidazole rings is 1. The topological polar surface area (TPSA) is 73.6 Å². The van der Waals surface area contributed by atoms with Gasteiger partial charge in [0.2, 0.25) is 0 Å². The average molecular weight is 290 g/mol. The molecule has 21 heavy (non-hydrogen) atoms. The average Bonchev–Trinajstić information content (AvgIpc) is 2.86. The lowest BCUT2D eigenvalue weighted by Crippen LogP contribution is -2.32. The van der Waals surface area contributed by atoms with Gasteiger partial charge in [0.25, 0.3) is 0 Å². The third-order valence-corrected chi connectivity index (χ3v) is 3.68. The number of aromatic nitrogens is 2. The number of aryl methyl sites for hydroxylation is 1. The second-order valence-electron chi connectivity index (χ2n) is 5.04. The third-order valence-electron chi connectivity index (χ3n) is 3.68. The van der Waals surface area contributed by atoms with E-state index in [1.54, 1.807) is 12.1 Å². The molecule has 1 N–H and O–H groups in total. The molecular formula is C15H18N2O4. The van der Waals surface area contributed by atoms with Crippen LogP contribution in [-0.2, 0) is 22.4 Å². The van der Waals surface area contributed by atoms with Crippen molar-refractivity contribution >= 4 is 17.0 Å². The van der Waals surface area contributed by atoms with Gasteiger partial charge in [-0.25, -0.2) is 9.78 Å². The zero-order valence-electron chi connectivity index (χ0n) is 11.9. The smallest absolute Gasteiger partial charge is 0.337 e. The Hall–Kier alpha value is -1.92. The summed E-state index contributed by atoms with van der Waals surface area (Å²) in [5.41, 5.74) is 1.61. The monoisotopic (exact) mass is 290 g/mol. The second-order valence-corrected chi connectivity index (χ2v) is 5.04. The van der Waals surface area contributed by atoms with Crippen molar-refractivity contribution in [2.75, 3.05) is 19.8 Å². The van der Waals surface area contributed by atoms with Crippen molar-refractivity contribution in [3.63, 3.8) is 0 Å². The van der Waals surface area contributed by atoms with Crippen molar-refractivity contribution in [3.8, 4) is 0 Å². The maximum absolute atomic E-state index is 11.3. The molecule has 0 aliphatic carbocycles. The minimum Gasteiger partial charge on any atom is -0.478 e. The third kappa shape index (κ3) is 2.64. The summed E-state index contributed by atoms with van der Waals surface area (Å²) in [5.74, 6) is -0.0852. The zero-order chi connectivity index (χ0) is 14.8. The number of hydrogen-bond acceptors (Lipinski definition) is 4. The van der Waals surface area contributed by atoms with Crippen LogP contribution in [0.25, 0.3) is 11.0 Å². The summed E-state index contributed by atoms with van der Waals surface area (Å²) in [6.45, 7) is 4.42. The number of hydrogen-bond donors (Lipinski definition) is 1. The second kappa shape index (κ2) is 5.83. The van der Waals surface area contributed by atoms with Crippen LogP contribution in [0, 0.1) is 0 Å². The fraction of sp³-hybridized carbons (Fsp3) is 0.467. The number of fused-ring (bicyclic) bond motifs is 1. The van der Waals surface area contributed by atoms with Gasteiger partial charge in [-0.05, 0) is 12.1 Å². The van der Waals surface area contributed by atoms with E-state index >= 15 is 0 Å². The van der Waals surface area contributed by atoms with Crippen LogP contribution in [0.15, 0.2) is 18.2 Å². The van der Waals surface area contributed by atoms with Crippen LogP contribution < -0.4 is 0 Å². The highest BCUT2D eigenvalue weighted by Crippen LogP contribution is 2.22. The van der Waals surface area contributed by atoms with Crippen LogP contribution in [0.5, 0.6) is 0 Å². The summed E-state index contributed by atoms with van der Waals surface area (Å²) in [4.78, 5) is 15.8. The highest BCUT2D eigenvalue weighted by Gasteiger charge is 2.20. The van der Waals surface area contributed by atoms with Crippen LogP contribution >= 0.6 is 0 Å². The first kappa shape index (κ1) is 14.0. The van der Waals surface area contributed by atoms with Gasteiger partial charge in [-0.3, -0.25) is 0 Å². The van der Waals surface area contributed by atoms with Gasteiger partial charge in [0.15, 0.2) is 0 Å². The van der Waals surface area contributed by atoms with Crippen LogP contribution in [0.3, 0.4) is 0 Å². The first-order valence-electron chi connectivity index (χ1n) is 7.11. The van der Waals surface area contributed by atoms with E-state index in [2.05, 4.69) is 4.98 Å². The van der Waals surface area contributed by atoms with Gasteiger partial charge in [-0.15, -0.1) is 0 Å². The number of carbonyl (C=O) groups is 1. The molecule has 0 saturated carbocycles. The molecule has 1 aliphatic heterocycles. The first-order valence-corrected chi connectivity index (χ1v) is 7.11. The Labute approximate surface area is 122 Å². The predicted molar refractivity (Wildman–Crippen MR) is 76.6 cm³/mol. The van der Waals surface area contributed by atoms with Gasteiger partial charge in [0, 0.05) is 6.42 Å². The number of aromatic carboxylic acids is 1. The summed E-state index contributed by atoms with van der Waals surface area (Å²) in [5, 5.41) is 9.28. The summed E-state index contributed by atoms with van der Waals surface area (Å²) in [6.07, 6.45) is 0.719. The fourth-order valence-corrected chi connectivity index (χ4v) is 2.69. The van der Waals surface area contributed by atoms with Crippen LogP contribution in [0.1, 0.15) is 23.1 Å². The summed E-state index contributed by atoms with van der Waals surface area (Å²) in [6, 6.07) is 5.24. The Morgan fingerprint density at radius 1 is 1.48 bits per heavy atom. The molecule has 1 unspecified atom stereocenters. The number of carboxylic acids is 1. The normalized spacial score (nSPS) is 19.0. The van der Waals surface area contributed by atoms with Crippen molar-refractivity contribution in [1.82, 2.24) is 9.55 Å². The molecule has 1 aromatic carbocycles. The fourth-order valence-electron chi connectivity index (χ4n) is 2.69. The summed E-state index contributed by atoms with van der Waals surface area (Å²) < 4.78 is 13.2. The largest absolute Gasteiger partial charge is 0.478 e. The van der Waals surface area contributed by atoms with Crippen molar-refractivity contribution < 1.29 is 19.4 Å². The van der Waals surface area contributed by atoms with E-state index in [1.165, 1.54) is 0 Å². The molecule has 1 atom stereocenters. The van der Waals surface area contributed by atoms with Crippen molar-refractivity contribution in [2.24, 2.45) is 0 Å². The highest BCUT2D eigenvalue weighted by molar-refractivity contribution is 6.01. The Balaban J connectivity index is 2.03. The van der Waals surface area contributed by atoms with E-state index in [4.69, 9.17) is 9.47 Å². The molecule has 2 heterocycles. The van der Waals surface area contributed by atoms with Gasteiger partial charge in [-0.2, -0.15) is 0 Å². The van der Waals surface area contributed by atoms with Crippen LogP contribution in [0.2, 0.25) is 0 Å². The molecule has 6 nitrogen and oxygen atoms in total. The number of carboxylic acid groups (broad SMARTS) is 1. The number of nitrogens with zero attached hydrogens (tertiary/aromatic N) is 2. The van der Waals surface area contributed by atoms with E-state index in [-0.39, 0.29) is 11.7 Å². The van der Waals surface area contributed by atoms with Crippen LogP contribution in [0.4, 0.5) is 0 Å². The van der Waals surface area contributed by atoms with E-state index in [0.717, 1.165) is 17.8 Å². The summed E-state index contributed by atoms with van der Waals surface area (Å²) in [7, 11) is 0. The molecule has 2 aromatic rings. The van der Waals surface area contributed by atoms with Gasteiger partial charge >= 0.3 is 5.97 Å². The van der Waals surface area contributed by atoms with E-state index in [0.29, 0.717) is 31.9 Å². The molecule has 0 bridgehead atoms. The van der Waals surface area contributed by atoms with Gasteiger partial charge in [-0.1, -0.05) is 13.0 Å². The van der Waals surface area contributed by atoms with Crippen molar-refractivity contribution in [1.29, 1.82) is 0 Å². The Bertz CT molecular complexity index is 659. The standard InChI is InChI=1S/C15H18N2O4/c1-2-13-16-14-11(15(18)19)4-3-5-12(14)17(13)8-10-9-20-6-7-21-10/h3-5,10H,2,6-9H2,1H3,(H,18,19). The molecule has 112 valence electrons. The Morgan fingerprint density at radius 2 is 2.33 bits per heavy atom. The van der Waals surface area contributed by atoms with Crippen LogP contribution in [-0.4, -0.2) is 46.6 Å². The molecule has 0 amide bonds. The number of rotatable bonds is 4. The first-order chi connectivity index (χ1) is 10.2. The predicted octanol–water partition coefficient (Wildman–Crippen LogP) is 1.71. The molecule has 1 aliphatic rings. The molecule has 6 heteroatoms. The minimum atomic E-state index is -0.954. The Kier molecular flexibility index (Phi) is 3.90. The lowest BCUT2D eigenvalue weighted by Gasteiger charge is -2.24. The highest BCUT2D eigenvalue weighted by atomic mass is 16.6. The van der Waals surface area contributed by atoms with E-state index in [9.17, 15) is 9.90 Å². The number of benzene rings is 1. The summed E-state index contributed by atoms with van der Waals surface area (Å²) >= 11 is 0. The van der Waals surface area contributed by atoms with Crippen molar-refractivity contribution in [2.45, 2.75) is 26.0 Å². The molecule has 3 rings (SSSR count). The van der Waals surface area contributed by atoms with Crippen molar-refractivity contribution in [3.05, 3.63) is 29.6 Å². The maximum Gasteiger partial charge on any atom is 0.337 e. The molecule has 1 aromatic heterocycles. The minimum absolute atomic E-state index is 0.0186. The van der Waals surface area contributed by atoms with Gasteiger partial charge in [0.05, 0.1) is 43.5 Å². The maximum atomic E-state index is 11.3. The molecule has 0 radical (unpaired) electrons. The lowest BCUT2D eigenvalue weighted by molar-refractivity contribution is -0.0934. The molecule has 0 spiro atoms. The quantitative estimate of drug-likeness (QED) is 0.928. The van der Waals surface area contributed by atoms with Gasteiger partial charge < -0.3 is 19.1 Å². The lowest BCUT2D eigenvalue weighted by atomic mass is 10.2. The SMILES string of the molecule is CCc1nc2c(C(=O)O)cccc2n1CC1COCCO1. The van der Waals surface area contributed by atoms with E-state index in [1.807, 2.05) is 17.6 Å². The molecule has 1 saturated heterocycles. The zero-order valence-corrected chi connectivity index (χ0v) is 11.9. The number of ether oxygens (including phenoxy) is 2. The van der Waals surface area contributed by atoms with Gasteiger partial charge in [0.1, 0.15) is 11.3 Å². The Morgan fingerprint density at radius 3 is 3.00 bits per heavy atom. The molecular weight excluding hydrogens is 272 g/mol. The van der Waals surface area contributed by atoms with E-state index < -0.39 is 5.97 Å².